The first-order chi connectivity index (χ1) is 15.4. The number of amides is 1. The molecule has 162 valence electrons. The zero-order valence-electron chi connectivity index (χ0n) is 17.6. The van der Waals surface area contributed by atoms with Gasteiger partial charge < -0.3 is 15.5 Å². The fourth-order valence-corrected chi connectivity index (χ4v) is 4.55. The van der Waals surface area contributed by atoms with Crippen molar-refractivity contribution in [2.75, 3.05) is 24.2 Å². The van der Waals surface area contributed by atoms with Gasteiger partial charge in [0.15, 0.2) is 17.5 Å². The van der Waals surface area contributed by atoms with Gasteiger partial charge >= 0.3 is 0 Å². The van der Waals surface area contributed by atoms with Gasteiger partial charge in [-0.1, -0.05) is 0 Å². The normalized spacial score (nSPS) is 17.7. The van der Waals surface area contributed by atoms with Gasteiger partial charge in [0.2, 0.25) is 0 Å². The van der Waals surface area contributed by atoms with Gasteiger partial charge in [0.05, 0.1) is 23.8 Å². The van der Waals surface area contributed by atoms with Gasteiger partial charge in [-0.15, -0.1) is 10.2 Å². The first-order valence-electron chi connectivity index (χ1n) is 10.2. The Labute approximate surface area is 183 Å². The van der Waals surface area contributed by atoms with Crippen LogP contribution < -0.4 is 10.6 Å². The van der Waals surface area contributed by atoms with Crippen molar-refractivity contribution in [3.63, 3.8) is 0 Å². The number of nitrogens with two attached hydrogens (primary N) is 1. The standard InChI is InChI=1S/C21H20FN9O/c1-29-10-14-17(16(9-23)30(2)28-14)19-25-20(18(24)26-27-19)31-7-3-4-15(31)13-8-11(22)5-6-12(13)21(29)32/h5-6,8,15H,3-4,7,10H2,1-2H3,(H2,24,26)/t15-/m1/s1. The number of anilines is 2. The summed E-state index contributed by atoms with van der Waals surface area (Å²) in [6, 6.07) is 6.04. The highest BCUT2D eigenvalue weighted by molar-refractivity contribution is 5.96. The molecular weight excluding hydrogens is 413 g/mol. The third-order valence-electron chi connectivity index (χ3n) is 6.00. The number of carbonyl (C=O) groups excluding carboxylic acids is 1. The van der Waals surface area contributed by atoms with Gasteiger partial charge in [-0.25, -0.2) is 9.37 Å². The lowest BCUT2D eigenvalue weighted by atomic mass is 9.97. The molecule has 10 nitrogen and oxygen atoms in total. The second-order valence-corrected chi connectivity index (χ2v) is 7.99. The first-order valence-corrected chi connectivity index (χ1v) is 10.2. The highest BCUT2D eigenvalue weighted by Gasteiger charge is 2.35. The van der Waals surface area contributed by atoms with Crippen LogP contribution in [0.15, 0.2) is 18.2 Å². The molecule has 0 spiro atoms. The summed E-state index contributed by atoms with van der Waals surface area (Å²) in [5, 5.41) is 22.4. The molecule has 4 heterocycles. The molecule has 1 fully saturated rings. The van der Waals surface area contributed by atoms with Crippen molar-refractivity contribution < 1.29 is 9.18 Å². The van der Waals surface area contributed by atoms with E-state index >= 15 is 0 Å². The molecule has 2 aromatic heterocycles. The van der Waals surface area contributed by atoms with Gasteiger partial charge in [0.25, 0.3) is 5.91 Å². The number of nitriles is 1. The summed E-state index contributed by atoms with van der Waals surface area (Å²) in [5.41, 5.74) is 8.28. The summed E-state index contributed by atoms with van der Waals surface area (Å²) in [6.07, 6.45) is 1.51. The molecule has 5 rings (SSSR count). The van der Waals surface area contributed by atoms with Crippen molar-refractivity contribution in [1.82, 2.24) is 29.9 Å². The van der Waals surface area contributed by atoms with Crippen molar-refractivity contribution in [3.05, 3.63) is 46.5 Å². The molecule has 1 saturated heterocycles. The molecule has 3 aromatic rings. The van der Waals surface area contributed by atoms with Crippen molar-refractivity contribution in [2.45, 2.75) is 25.4 Å². The lowest BCUT2D eigenvalue weighted by molar-refractivity contribution is 0.0781. The topological polar surface area (TPSA) is 130 Å². The van der Waals surface area contributed by atoms with E-state index in [9.17, 15) is 14.4 Å². The Morgan fingerprint density at radius 3 is 2.88 bits per heavy atom. The van der Waals surface area contributed by atoms with Gasteiger partial charge in [-0.3, -0.25) is 9.48 Å². The summed E-state index contributed by atoms with van der Waals surface area (Å²) in [7, 11) is 3.29. The van der Waals surface area contributed by atoms with Gasteiger partial charge in [-0.05, 0) is 36.6 Å². The third-order valence-corrected chi connectivity index (χ3v) is 6.00. The molecule has 1 atom stereocenters. The van der Waals surface area contributed by atoms with Crippen LogP contribution in [0, 0.1) is 17.1 Å². The number of fused-ring (bicyclic) bond motifs is 8. The molecule has 0 saturated carbocycles. The third kappa shape index (κ3) is 2.95. The fourth-order valence-electron chi connectivity index (χ4n) is 4.55. The minimum absolute atomic E-state index is 0.109. The number of rotatable bonds is 0. The average Bonchev–Trinajstić information content (AvgIpc) is 3.37. The predicted molar refractivity (Wildman–Crippen MR) is 113 cm³/mol. The number of nitrogen functional groups attached to an aromatic ring is 1. The number of carbonyl (C=O) groups is 1. The summed E-state index contributed by atoms with van der Waals surface area (Å²) in [4.78, 5) is 21.5. The van der Waals surface area contributed by atoms with E-state index in [1.165, 1.54) is 27.8 Å². The molecule has 1 amide bonds. The van der Waals surface area contributed by atoms with Crippen LogP contribution >= 0.6 is 0 Å². The molecule has 11 heteroatoms. The molecule has 0 aliphatic carbocycles. The molecule has 32 heavy (non-hydrogen) atoms. The summed E-state index contributed by atoms with van der Waals surface area (Å²) in [6.45, 7) is 0.718. The van der Waals surface area contributed by atoms with Crippen molar-refractivity contribution in [2.24, 2.45) is 7.05 Å². The minimum atomic E-state index is -0.418. The van der Waals surface area contributed by atoms with E-state index in [4.69, 9.17) is 5.73 Å². The Morgan fingerprint density at radius 1 is 1.28 bits per heavy atom. The molecular formula is C21H20FN9O. The quantitative estimate of drug-likeness (QED) is 0.568. The van der Waals surface area contributed by atoms with Gasteiger partial charge in [0.1, 0.15) is 17.6 Å². The number of halogens is 1. The van der Waals surface area contributed by atoms with E-state index in [1.54, 1.807) is 14.1 Å². The number of nitrogens with zero attached hydrogens (tertiary/aromatic N) is 8. The summed E-state index contributed by atoms with van der Waals surface area (Å²) >= 11 is 0. The average molecular weight is 433 g/mol. The smallest absolute Gasteiger partial charge is 0.254 e. The minimum Gasteiger partial charge on any atom is -0.379 e. The van der Waals surface area contributed by atoms with Crippen LogP contribution in [0.2, 0.25) is 0 Å². The Kier molecular flexibility index (Phi) is 4.51. The molecule has 2 bridgehead atoms. The van der Waals surface area contributed by atoms with Crippen molar-refractivity contribution in [1.29, 1.82) is 5.26 Å². The SMILES string of the molecule is CN1Cc2nn(C)c(C#N)c2-c2nnc(N)c(n2)N2CCC[C@@H]2c2cc(F)ccc2C1=O. The van der Waals surface area contributed by atoms with Crippen LogP contribution in [0.5, 0.6) is 0 Å². The number of benzene rings is 1. The number of hydrogen-bond acceptors (Lipinski definition) is 8. The van der Waals surface area contributed by atoms with E-state index in [0.717, 1.165) is 6.42 Å². The Balaban J connectivity index is 1.81. The second kappa shape index (κ2) is 7.26. The maximum Gasteiger partial charge on any atom is 0.254 e. The van der Waals surface area contributed by atoms with E-state index in [0.29, 0.717) is 41.2 Å². The predicted octanol–water partition coefficient (Wildman–Crippen LogP) is 1.79. The lowest BCUT2D eigenvalue weighted by Gasteiger charge is -2.29. The lowest BCUT2D eigenvalue weighted by Crippen LogP contribution is -2.31. The Bertz CT molecular complexity index is 1300. The van der Waals surface area contributed by atoms with Crippen LogP contribution in [0.25, 0.3) is 11.4 Å². The van der Waals surface area contributed by atoms with Crippen LogP contribution in [-0.4, -0.2) is 49.4 Å². The molecule has 0 unspecified atom stereocenters. The second-order valence-electron chi connectivity index (χ2n) is 7.99. The van der Waals surface area contributed by atoms with Crippen molar-refractivity contribution >= 4 is 17.5 Å². The maximum absolute atomic E-state index is 14.3. The molecule has 2 N–H and O–H groups in total. The molecule has 2 aliphatic rings. The summed E-state index contributed by atoms with van der Waals surface area (Å²) < 4.78 is 15.7. The molecule has 2 aliphatic heterocycles. The fraction of sp³-hybridized carbons (Fsp3) is 0.333. The highest BCUT2D eigenvalue weighted by Crippen LogP contribution is 2.40. The van der Waals surface area contributed by atoms with Gasteiger partial charge in [0, 0.05) is 26.2 Å². The molecule has 1 aromatic carbocycles. The molecule has 0 radical (unpaired) electrons. The number of aromatic nitrogens is 5. The van der Waals surface area contributed by atoms with E-state index in [-0.39, 0.29) is 35.8 Å². The number of aryl methyl sites for hydroxylation is 1. The van der Waals surface area contributed by atoms with Crippen molar-refractivity contribution in [3.8, 4) is 17.5 Å². The van der Waals surface area contributed by atoms with Crippen LogP contribution in [0.1, 0.15) is 46.2 Å². The van der Waals surface area contributed by atoms with E-state index in [1.807, 2.05) is 4.90 Å². The van der Waals surface area contributed by atoms with Crippen LogP contribution in [0.3, 0.4) is 0 Å². The zero-order valence-corrected chi connectivity index (χ0v) is 17.6. The Hall–Kier alpha value is -4.07. The Morgan fingerprint density at radius 2 is 2.09 bits per heavy atom. The zero-order chi connectivity index (χ0) is 22.6. The largest absolute Gasteiger partial charge is 0.379 e. The monoisotopic (exact) mass is 433 g/mol. The summed E-state index contributed by atoms with van der Waals surface area (Å²) in [5.74, 6) is 0.0488. The maximum atomic E-state index is 14.3. The van der Waals surface area contributed by atoms with Crippen LogP contribution in [-0.2, 0) is 13.6 Å². The van der Waals surface area contributed by atoms with Gasteiger partial charge in [-0.2, -0.15) is 10.4 Å². The van der Waals surface area contributed by atoms with Crippen LogP contribution in [0.4, 0.5) is 16.0 Å². The van der Waals surface area contributed by atoms with E-state index < -0.39 is 5.82 Å². The van der Waals surface area contributed by atoms with E-state index in [2.05, 4.69) is 26.3 Å². The number of hydrogen-bond donors (Lipinski definition) is 1. The first kappa shape index (κ1) is 19.9. The highest BCUT2D eigenvalue weighted by atomic mass is 19.1.